The van der Waals surface area contributed by atoms with E-state index in [0.29, 0.717) is 24.1 Å². The van der Waals surface area contributed by atoms with Gasteiger partial charge in [0.15, 0.2) is 0 Å². The zero-order chi connectivity index (χ0) is 13.9. The van der Waals surface area contributed by atoms with Gasteiger partial charge in [-0.2, -0.15) is 0 Å². The fourth-order valence-corrected chi connectivity index (χ4v) is 1.99. The van der Waals surface area contributed by atoms with E-state index < -0.39 is 17.5 Å². The third-order valence-electron chi connectivity index (χ3n) is 3.26. The fourth-order valence-electron chi connectivity index (χ4n) is 1.99. The van der Waals surface area contributed by atoms with E-state index in [0.717, 1.165) is 6.42 Å². The van der Waals surface area contributed by atoms with Crippen molar-refractivity contribution in [1.82, 2.24) is 5.32 Å². The maximum Gasteiger partial charge on any atom is 0.329 e. The van der Waals surface area contributed by atoms with Crippen molar-refractivity contribution in [2.24, 2.45) is 0 Å². The van der Waals surface area contributed by atoms with Gasteiger partial charge < -0.3 is 15.7 Å². The summed E-state index contributed by atoms with van der Waals surface area (Å²) < 4.78 is 0. The van der Waals surface area contributed by atoms with Crippen LogP contribution in [0.15, 0.2) is 24.3 Å². The first kappa shape index (κ1) is 13.0. The van der Waals surface area contributed by atoms with Gasteiger partial charge in [0.2, 0.25) is 0 Å². The maximum atomic E-state index is 11.8. The second kappa shape index (κ2) is 5.02. The largest absolute Gasteiger partial charge is 0.480 e. The number of hydrogen-bond acceptors (Lipinski definition) is 2. The van der Waals surface area contributed by atoms with Crippen LogP contribution >= 0.6 is 0 Å². The fraction of sp³-hybridized carbons (Fsp3) is 0.286. The molecule has 0 atom stereocenters. The van der Waals surface area contributed by atoms with E-state index in [4.69, 9.17) is 11.5 Å². The number of amides is 2. The molecule has 0 heterocycles. The average molecular weight is 258 g/mol. The quantitative estimate of drug-likeness (QED) is 0.723. The summed E-state index contributed by atoms with van der Waals surface area (Å²) in [6.45, 7) is 0. The number of carboxylic acid groups (broad SMARTS) is 1. The number of hydrogen-bond donors (Lipinski definition) is 3. The van der Waals surface area contributed by atoms with Gasteiger partial charge in [0.25, 0.3) is 0 Å². The molecule has 5 heteroatoms. The van der Waals surface area contributed by atoms with Crippen LogP contribution in [-0.2, 0) is 4.79 Å². The number of carbonyl (C=O) groups is 2. The molecular weight excluding hydrogens is 244 g/mol. The van der Waals surface area contributed by atoms with Crippen LogP contribution in [0.3, 0.4) is 0 Å². The molecule has 0 radical (unpaired) electrons. The molecular formula is C14H14N2O3. The van der Waals surface area contributed by atoms with Crippen molar-refractivity contribution in [2.45, 2.75) is 24.8 Å². The lowest BCUT2D eigenvalue weighted by atomic mass is 9.77. The van der Waals surface area contributed by atoms with Crippen molar-refractivity contribution in [3.05, 3.63) is 29.8 Å². The Morgan fingerprint density at radius 1 is 1.37 bits per heavy atom. The molecule has 2 amide bonds. The van der Waals surface area contributed by atoms with E-state index in [2.05, 4.69) is 16.6 Å². The summed E-state index contributed by atoms with van der Waals surface area (Å²) in [6, 6.07) is 6.27. The van der Waals surface area contributed by atoms with Gasteiger partial charge in [-0.25, -0.2) is 9.59 Å². The molecule has 1 aromatic carbocycles. The SMILES string of the molecule is C#Cc1cccc(NC(=O)NC2(C(=O)O)CCC2)c1. The molecule has 0 saturated heterocycles. The molecule has 0 aromatic heterocycles. The second-order valence-electron chi connectivity index (χ2n) is 4.55. The molecule has 1 aromatic rings. The highest BCUT2D eigenvalue weighted by molar-refractivity contribution is 5.94. The maximum absolute atomic E-state index is 11.8. The molecule has 0 aliphatic heterocycles. The lowest BCUT2D eigenvalue weighted by Gasteiger charge is -2.38. The summed E-state index contributed by atoms with van der Waals surface area (Å²) in [4.78, 5) is 22.9. The smallest absolute Gasteiger partial charge is 0.329 e. The van der Waals surface area contributed by atoms with Crippen molar-refractivity contribution in [3.63, 3.8) is 0 Å². The third-order valence-corrected chi connectivity index (χ3v) is 3.26. The zero-order valence-electron chi connectivity index (χ0n) is 10.3. The number of carboxylic acids is 1. The number of anilines is 1. The van der Waals surface area contributed by atoms with Crippen molar-refractivity contribution >= 4 is 17.7 Å². The average Bonchev–Trinajstić information content (AvgIpc) is 2.33. The summed E-state index contributed by atoms with van der Waals surface area (Å²) in [6.07, 6.45) is 6.99. The summed E-state index contributed by atoms with van der Waals surface area (Å²) >= 11 is 0. The highest BCUT2D eigenvalue weighted by atomic mass is 16.4. The van der Waals surface area contributed by atoms with Gasteiger partial charge >= 0.3 is 12.0 Å². The van der Waals surface area contributed by atoms with Gasteiger partial charge in [0.1, 0.15) is 5.54 Å². The standard InChI is InChI=1S/C14H14N2O3/c1-2-10-5-3-6-11(9-10)15-13(19)16-14(12(17)18)7-4-8-14/h1,3,5-6,9H,4,7-8H2,(H,17,18)(H2,15,16,19). The molecule has 2 rings (SSSR count). The molecule has 0 unspecified atom stereocenters. The van der Waals surface area contributed by atoms with Gasteiger partial charge in [0.05, 0.1) is 0 Å². The van der Waals surface area contributed by atoms with E-state index >= 15 is 0 Å². The molecule has 1 saturated carbocycles. The summed E-state index contributed by atoms with van der Waals surface area (Å²) in [5.74, 6) is 1.47. The minimum Gasteiger partial charge on any atom is -0.480 e. The number of nitrogens with one attached hydrogen (secondary N) is 2. The predicted octanol–water partition coefficient (Wildman–Crippen LogP) is 1.80. The first-order chi connectivity index (χ1) is 9.05. The molecule has 3 N–H and O–H groups in total. The summed E-state index contributed by atoms with van der Waals surface area (Å²) in [5.41, 5.74) is 0.0653. The topological polar surface area (TPSA) is 78.4 Å². The normalized spacial score (nSPS) is 15.7. The van der Waals surface area contributed by atoms with Crippen molar-refractivity contribution in [2.75, 3.05) is 5.32 Å². The molecule has 1 aliphatic rings. The Morgan fingerprint density at radius 2 is 2.11 bits per heavy atom. The van der Waals surface area contributed by atoms with E-state index in [1.54, 1.807) is 24.3 Å². The van der Waals surface area contributed by atoms with Crippen LogP contribution in [0.25, 0.3) is 0 Å². The number of rotatable bonds is 3. The van der Waals surface area contributed by atoms with E-state index in [1.807, 2.05) is 0 Å². The van der Waals surface area contributed by atoms with Crippen LogP contribution in [0.1, 0.15) is 24.8 Å². The van der Waals surface area contributed by atoms with Gasteiger partial charge in [-0.1, -0.05) is 12.0 Å². The van der Waals surface area contributed by atoms with E-state index in [9.17, 15) is 9.59 Å². The number of benzene rings is 1. The summed E-state index contributed by atoms with van der Waals surface area (Å²) in [7, 11) is 0. The lowest BCUT2D eigenvalue weighted by Crippen LogP contribution is -2.60. The van der Waals surface area contributed by atoms with Crippen LogP contribution in [0.4, 0.5) is 10.5 Å². The van der Waals surface area contributed by atoms with Gasteiger partial charge in [-0.05, 0) is 37.5 Å². The molecule has 19 heavy (non-hydrogen) atoms. The van der Waals surface area contributed by atoms with Crippen molar-refractivity contribution in [3.8, 4) is 12.3 Å². The van der Waals surface area contributed by atoms with Gasteiger partial charge in [-0.3, -0.25) is 0 Å². The van der Waals surface area contributed by atoms with Crippen LogP contribution in [0, 0.1) is 12.3 Å². The Morgan fingerprint density at radius 3 is 2.63 bits per heavy atom. The predicted molar refractivity (Wildman–Crippen MR) is 70.7 cm³/mol. The van der Waals surface area contributed by atoms with Crippen molar-refractivity contribution in [1.29, 1.82) is 0 Å². The molecule has 5 nitrogen and oxygen atoms in total. The number of terminal acetylenes is 1. The Labute approximate surface area is 111 Å². The van der Waals surface area contributed by atoms with E-state index in [-0.39, 0.29) is 0 Å². The third kappa shape index (κ3) is 2.68. The number of aliphatic carboxylic acids is 1. The Hall–Kier alpha value is -2.48. The molecule has 0 spiro atoms. The zero-order valence-corrected chi connectivity index (χ0v) is 10.3. The second-order valence-corrected chi connectivity index (χ2v) is 4.55. The van der Waals surface area contributed by atoms with Crippen molar-refractivity contribution < 1.29 is 14.7 Å². The molecule has 0 bridgehead atoms. The molecule has 1 aliphatic carbocycles. The van der Waals surface area contributed by atoms with Gasteiger partial charge in [-0.15, -0.1) is 6.42 Å². The minimum absolute atomic E-state index is 0.458. The molecule has 1 fully saturated rings. The molecule has 98 valence electrons. The first-order valence-corrected chi connectivity index (χ1v) is 5.95. The minimum atomic E-state index is -1.12. The number of urea groups is 1. The number of carbonyl (C=O) groups excluding carboxylic acids is 1. The highest BCUT2D eigenvalue weighted by Gasteiger charge is 2.45. The van der Waals surface area contributed by atoms with Gasteiger partial charge in [0, 0.05) is 11.3 Å². The lowest BCUT2D eigenvalue weighted by molar-refractivity contribution is -0.148. The summed E-state index contributed by atoms with van der Waals surface area (Å²) in [5, 5.41) is 14.2. The highest BCUT2D eigenvalue weighted by Crippen LogP contribution is 2.32. The Balaban J connectivity index is 2.01. The van der Waals surface area contributed by atoms with Crippen LogP contribution in [-0.4, -0.2) is 22.6 Å². The van der Waals surface area contributed by atoms with E-state index in [1.165, 1.54) is 0 Å². The van der Waals surface area contributed by atoms with Crippen LogP contribution in [0.2, 0.25) is 0 Å². The first-order valence-electron chi connectivity index (χ1n) is 5.95. The monoisotopic (exact) mass is 258 g/mol. The Kier molecular flexibility index (Phi) is 3.43. The van der Waals surface area contributed by atoms with Crippen LogP contribution < -0.4 is 10.6 Å². The van der Waals surface area contributed by atoms with Crippen LogP contribution in [0.5, 0.6) is 0 Å². The Bertz CT molecular complexity index is 556.